The maximum absolute atomic E-state index is 12.5. The molecule has 114 valence electrons. The van der Waals surface area contributed by atoms with Gasteiger partial charge in [-0.15, -0.1) is 11.3 Å². The van der Waals surface area contributed by atoms with E-state index in [-0.39, 0.29) is 5.91 Å². The first-order chi connectivity index (χ1) is 10.1. The largest absolute Gasteiger partial charge is 0.381 e. The van der Waals surface area contributed by atoms with Crippen LogP contribution in [-0.4, -0.2) is 44.2 Å². The number of carbonyl (C=O) groups excluding carboxylic acids is 1. The lowest BCUT2D eigenvalue weighted by Crippen LogP contribution is -2.34. The van der Waals surface area contributed by atoms with Gasteiger partial charge in [-0.1, -0.05) is 11.8 Å². The number of nitrogens with zero attached hydrogens (tertiary/aromatic N) is 1. The SMILES string of the molecule is Cc1cc(C(=O)N(C)CC2CCCOC2)sc1C#CCN. The van der Waals surface area contributed by atoms with Crippen LogP contribution in [0, 0.1) is 24.7 Å². The van der Waals surface area contributed by atoms with Crippen LogP contribution in [0.25, 0.3) is 0 Å². The van der Waals surface area contributed by atoms with E-state index in [4.69, 9.17) is 10.5 Å². The van der Waals surface area contributed by atoms with Crippen LogP contribution in [0.1, 0.15) is 33.0 Å². The molecule has 21 heavy (non-hydrogen) atoms. The lowest BCUT2D eigenvalue weighted by atomic mass is 10.0. The van der Waals surface area contributed by atoms with Crippen molar-refractivity contribution < 1.29 is 9.53 Å². The van der Waals surface area contributed by atoms with Gasteiger partial charge in [0.05, 0.1) is 22.9 Å². The van der Waals surface area contributed by atoms with Gasteiger partial charge < -0.3 is 15.4 Å². The van der Waals surface area contributed by atoms with Gasteiger partial charge in [0.2, 0.25) is 0 Å². The molecule has 5 heteroatoms. The van der Waals surface area contributed by atoms with Crippen LogP contribution in [0.4, 0.5) is 0 Å². The molecule has 1 aliphatic rings. The van der Waals surface area contributed by atoms with Crippen molar-refractivity contribution in [2.45, 2.75) is 19.8 Å². The molecule has 1 aliphatic heterocycles. The van der Waals surface area contributed by atoms with Crippen LogP contribution in [0.15, 0.2) is 6.07 Å². The Morgan fingerprint density at radius 1 is 1.62 bits per heavy atom. The summed E-state index contributed by atoms with van der Waals surface area (Å²) < 4.78 is 5.47. The molecule has 1 atom stereocenters. The van der Waals surface area contributed by atoms with Gasteiger partial charge in [-0.05, 0) is 37.3 Å². The quantitative estimate of drug-likeness (QED) is 0.867. The number of nitrogens with two attached hydrogens (primary N) is 1. The monoisotopic (exact) mass is 306 g/mol. The zero-order valence-electron chi connectivity index (χ0n) is 12.6. The Balaban J connectivity index is 2.01. The predicted molar refractivity (Wildman–Crippen MR) is 85.5 cm³/mol. The second-order valence-electron chi connectivity index (χ2n) is 5.40. The van der Waals surface area contributed by atoms with Gasteiger partial charge in [-0.2, -0.15) is 0 Å². The minimum atomic E-state index is 0.0643. The fraction of sp³-hybridized carbons (Fsp3) is 0.562. The molecule has 0 bridgehead atoms. The lowest BCUT2D eigenvalue weighted by molar-refractivity contribution is 0.0390. The Morgan fingerprint density at radius 3 is 3.10 bits per heavy atom. The van der Waals surface area contributed by atoms with Crippen LogP contribution in [0.3, 0.4) is 0 Å². The summed E-state index contributed by atoms with van der Waals surface area (Å²) in [5.74, 6) is 6.37. The Morgan fingerprint density at radius 2 is 2.43 bits per heavy atom. The van der Waals surface area contributed by atoms with Gasteiger partial charge in [-0.3, -0.25) is 4.79 Å². The zero-order valence-corrected chi connectivity index (χ0v) is 13.5. The highest BCUT2D eigenvalue weighted by atomic mass is 32.1. The summed E-state index contributed by atoms with van der Waals surface area (Å²) in [5.41, 5.74) is 6.43. The number of amides is 1. The summed E-state index contributed by atoms with van der Waals surface area (Å²) in [7, 11) is 1.86. The first-order valence-corrected chi connectivity index (χ1v) is 8.06. The molecule has 0 radical (unpaired) electrons. The third kappa shape index (κ3) is 4.31. The van der Waals surface area contributed by atoms with E-state index >= 15 is 0 Å². The number of thiophene rings is 1. The molecule has 1 aromatic rings. The van der Waals surface area contributed by atoms with E-state index in [0.717, 1.165) is 47.9 Å². The standard InChI is InChI=1S/C16H22N2O2S/c1-12-9-15(21-14(12)6-3-7-17)16(19)18(2)10-13-5-4-8-20-11-13/h9,13H,4-5,7-8,10-11,17H2,1-2H3. The minimum Gasteiger partial charge on any atom is -0.381 e. The zero-order chi connectivity index (χ0) is 15.2. The highest BCUT2D eigenvalue weighted by Crippen LogP contribution is 2.23. The number of aryl methyl sites for hydroxylation is 1. The van der Waals surface area contributed by atoms with E-state index in [9.17, 15) is 4.79 Å². The van der Waals surface area contributed by atoms with Crippen molar-refractivity contribution in [2.24, 2.45) is 11.7 Å². The van der Waals surface area contributed by atoms with Crippen molar-refractivity contribution in [3.8, 4) is 11.8 Å². The van der Waals surface area contributed by atoms with Crippen molar-refractivity contribution in [1.82, 2.24) is 4.90 Å². The lowest BCUT2D eigenvalue weighted by Gasteiger charge is -2.26. The second kappa shape index (κ2) is 7.60. The van der Waals surface area contributed by atoms with E-state index in [0.29, 0.717) is 12.5 Å². The fourth-order valence-corrected chi connectivity index (χ4v) is 3.49. The van der Waals surface area contributed by atoms with Gasteiger partial charge in [0.15, 0.2) is 0 Å². The predicted octanol–water partition coefficient (Wildman–Crippen LogP) is 1.87. The molecule has 0 saturated carbocycles. The van der Waals surface area contributed by atoms with Crippen molar-refractivity contribution in [2.75, 3.05) is 33.4 Å². The van der Waals surface area contributed by atoms with E-state index in [1.165, 1.54) is 11.3 Å². The fourth-order valence-electron chi connectivity index (χ4n) is 2.45. The molecule has 2 heterocycles. The molecule has 1 saturated heterocycles. The summed E-state index contributed by atoms with van der Waals surface area (Å²) in [5, 5.41) is 0. The van der Waals surface area contributed by atoms with Gasteiger partial charge in [0.25, 0.3) is 5.91 Å². The van der Waals surface area contributed by atoms with Crippen LogP contribution in [0.5, 0.6) is 0 Å². The Kier molecular flexibility index (Phi) is 5.80. The first-order valence-electron chi connectivity index (χ1n) is 7.24. The normalized spacial score (nSPS) is 18.0. The number of carbonyl (C=O) groups is 1. The smallest absolute Gasteiger partial charge is 0.263 e. The first kappa shape index (κ1) is 16.0. The highest BCUT2D eigenvalue weighted by Gasteiger charge is 2.21. The van der Waals surface area contributed by atoms with Gasteiger partial charge in [0.1, 0.15) is 0 Å². The Labute approximate surface area is 130 Å². The second-order valence-corrected chi connectivity index (χ2v) is 6.45. The van der Waals surface area contributed by atoms with Crippen molar-refractivity contribution in [1.29, 1.82) is 0 Å². The molecule has 1 amide bonds. The molecule has 0 spiro atoms. The number of hydrogen-bond acceptors (Lipinski definition) is 4. The Hall–Kier alpha value is -1.35. The van der Waals surface area contributed by atoms with Crippen molar-refractivity contribution in [3.05, 3.63) is 21.4 Å². The third-order valence-corrected chi connectivity index (χ3v) is 4.71. The van der Waals surface area contributed by atoms with Gasteiger partial charge >= 0.3 is 0 Å². The van der Waals surface area contributed by atoms with Crippen molar-refractivity contribution in [3.63, 3.8) is 0 Å². The average Bonchev–Trinajstić information content (AvgIpc) is 2.86. The van der Waals surface area contributed by atoms with Crippen LogP contribution >= 0.6 is 11.3 Å². The van der Waals surface area contributed by atoms with E-state index in [1.807, 2.05) is 20.0 Å². The number of rotatable bonds is 3. The van der Waals surface area contributed by atoms with Crippen LogP contribution in [0.2, 0.25) is 0 Å². The molecule has 1 fully saturated rings. The summed E-state index contributed by atoms with van der Waals surface area (Å²) in [6, 6.07) is 1.92. The molecule has 2 N–H and O–H groups in total. The van der Waals surface area contributed by atoms with Crippen LogP contribution in [-0.2, 0) is 4.74 Å². The molecule has 0 aliphatic carbocycles. The highest BCUT2D eigenvalue weighted by molar-refractivity contribution is 7.14. The maximum atomic E-state index is 12.5. The number of ether oxygens (including phenoxy) is 1. The Bertz CT molecular complexity index is 550. The molecular formula is C16H22N2O2S. The average molecular weight is 306 g/mol. The van der Waals surface area contributed by atoms with Crippen molar-refractivity contribution >= 4 is 17.2 Å². The summed E-state index contributed by atoms with van der Waals surface area (Å²) >= 11 is 1.45. The molecule has 0 aromatic carbocycles. The minimum absolute atomic E-state index is 0.0643. The summed E-state index contributed by atoms with van der Waals surface area (Å²) in [4.78, 5) is 15.9. The molecule has 1 unspecified atom stereocenters. The van der Waals surface area contributed by atoms with Gasteiger partial charge in [-0.25, -0.2) is 0 Å². The molecule has 4 nitrogen and oxygen atoms in total. The van der Waals surface area contributed by atoms with E-state index in [1.54, 1.807) is 4.90 Å². The molecule has 2 rings (SSSR count). The van der Waals surface area contributed by atoms with E-state index in [2.05, 4.69) is 11.8 Å². The van der Waals surface area contributed by atoms with Gasteiger partial charge in [0, 0.05) is 20.2 Å². The summed E-state index contributed by atoms with van der Waals surface area (Å²) in [6.45, 7) is 4.67. The third-order valence-electron chi connectivity index (χ3n) is 3.57. The summed E-state index contributed by atoms with van der Waals surface area (Å²) in [6.07, 6.45) is 2.22. The maximum Gasteiger partial charge on any atom is 0.263 e. The number of hydrogen-bond donors (Lipinski definition) is 1. The topological polar surface area (TPSA) is 55.6 Å². The molecular weight excluding hydrogens is 284 g/mol. The van der Waals surface area contributed by atoms with E-state index < -0.39 is 0 Å². The van der Waals surface area contributed by atoms with Crippen LogP contribution < -0.4 is 5.73 Å². The molecule has 1 aromatic heterocycles.